The predicted octanol–water partition coefficient (Wildman–Crippen LogP) is -0.313. The third kappa shape index (κ3) is 1.65. The van der Waals surface area contributed by atoms with Gasteiger partial charge in [-0.25, -0.2) is 0 Å². The molecule has 12 heavy (non-hydrogen) atoms. The summed E-state index contributed by atoms with van der Waals surface area (Å²) in [5.41, 5.74) is 3.04. The summed E-state index contributed by atoms with van der Waals surface area (Å²) in [6.45, 7) is 5.52. The number of hydrogen-bond donors (Lipinski definition) is 2. The molecule has 0 unspecified atom stereocenters. The summed E-state index contributed by atoms with van der Waals surface area (Å²) >= 11 is 0. The molecule has 1 aromatic rings. The molecule has 0 aliphatic heterocycles. The van der Waals surface area contributed by atoms with Crippen LogP contribution in [0.15, 0.2) is 6.07 Å². The zero-order valence-corrected chi connectivity index (χ0v) is 7.50. The first kappa shape index (κ1) is 9.22. The first-order chi connectivity index (χ1) is 5.52. The standard InChI is InChI=1S/C8H12BNO2/c1-5-4-8(9(11)12)6(2)7(3)10-5/h4,11-12H,1-3H3. The van der Waals surface area contributed by atoms with Crippen LogP contribution in [-0.4, -0.2) is 22.2 Å². The summed E-state index contributed by atoms with van der Waals surface area (Å²) in [4.78, 5) is 4.19. The summed E-state index contributed by atoms with van der Waals surface area (Å²) in [6.07, 6.45) is 0. The van der Waals surface area contributed by atoms with Crippen molar-refractivity contribution in [2.45, 2.75) is 20.8 Å². The van der Waals surface area contributed by atoms with E-state index < -0.39 is 7.12 Å². The van der Waals surface area contributed by atoms with Gasteiger partial charge < -0.3 is 10.0 Å². The highest BCUT2D eigenvalue weighted by Crippen LogP contribution is 2.02. The van der Waals surface area contributed by atoms with Crippen LogP contribution in [0.2, 0.25) is 0 Å². The molecule has 1 rings (SSSR count). The molecule has 4 heteroatoms. The van der Waals surface area contributed by atoms with Crippen molar-refractivity contribution < 1.29 is 10.0 Å². The Labute approximate surface area is 72.2 Å². The molecule has 0 atom stereocenters. The van der Waals surface area contributed by atoms with Gasteiger partial charge in [0.2, 0.25) is 0 Å². The third-order valence-corrected chi connectivity index (χ3v) is 1.96. The Morgan fingerprint density at radius 1 is 1.25 bits per heavy atom. The van der Waals surface area contributed by atoms with Gasteiger partial charge in [-0.3, -0.25) is 4.98 Å². The quantitative estimate of drug-likeness (QED) is 0.561. The molecular formula is C8H12BNO2. The van der Waals surface area contributed by atoms with Gasteiger partial charge in [0.05, 0.1) is 0 Å². The van der Waals surface area contributed by atoms with Crippen molar-refractivity contribution in [3.63, 3.8) is 0 Å². The molecule has 2 N–H and O–H groups in total. The van der Waals surface area contributed by atoms with Crippen molar-refractivity contribution in [1.82, 2.24) is 4.98 Å². The minimum Gasteiger partial charge on any atom is -0.423 e. The number of nitrogens with zero attached hydrogens (tertiary/aromatic N) is 1. The lowest BCUT2D eigenvalue weighted by molar-refractivity contribution is 0.425. The highest BCUT2D eigenvalue weighted by molar-refractivity contribution is 6.59. The SMILES string of the molecule is Cc1cc(B(O)O)c(C)c(C)n1. The van der Waals surface area contributed by atoms with E-state index in [1.165, 1.54) is 0 Å². The molecule has 0 saturated carbocycles. The highest BCUT2D eigenvalue weighted by Gasteiger charge is 2.15. The number of aromatic nitrogens is 1. The Morgan fingerprint density at radius 2 is 1.83 bits per heavy atom. The van der Waals surface area contributed by atoms with Crippen LogP contribution < -0.4 is 5.46 Å². The molecule has 0 aliphatic carbocycles. The Hall–Kier alpha value is -0.865. The van der Waals surface area contributed by atoms with Crippen molar-refractivity contribution in [3.8, 4) is 0 Å². The molecule has 64 valence electrons. The van der Waals surface area contributed by atoms with Gasteiger partial charge in [-0.2, -0.15) is 0 Å². The topological polar surface area (TPSA) is 53.4 Å². The fourth-order valence-corrected chi connectivity index (χ4v) is 1.19. The van der Waals surface area contributed by atoms with E-state index in [0.29, 0.717) is 5.46 Å². The number of hydrogen-bond acceptors (Lipinski definition) is 3. The van der Waals surface area contributed by atoms with Crippen LogP contribution in [0.4, 0.5) is 0 Å². The van der Waals surface area contributed by atoms with Crippen molar-refractivity contribution in [2.24, 2.45) is 0 Å². The van der Waals surface area contributed by atoms with Gasteiger partial charge >= 0.3 is 7.12 Å². The van der Waals surface area contributed by atoms with Crippen LogP contribution in [0.3, 0.4) is 0 Å². The second-order valence-corrected chi connectivity index (χ2v) is 2.94. The monoisotopic (exact) mass is 165 g/mol. The zero-order valence-electron chi connectivity index (χ0n) is 7.50. The third-order valence-electron chi connectivity index (χ3n) is 1.96. The van der Waals surface area contributed by atoms with Gasteiger partial charge in [-0.1, -0.05) is 0 Å². The van der Waals surface area contributed by atoms with E-state index in [1.54, 1.807) is 6.07 Å². The zero-order chi connectivity index (χ0) is 9.30. The van der Waals surface area contributed by atoms with E-state index in [2.05, 4.69) is 4.98 Å². The van der Waals surface area contributed by atoms with Gasteiger partial charge in [0.1, 0.15) is 0 Å². The fraction of sp³-hybridized carbons (Fsp3) is 0.375. The van der Waals surface area contributed by atoms with Crippen LogP contribution in [0, 0.1) is 20.8 Å². The van der Waals surface area contributed by atoms with Crippen molar-refractivity contribution in [3.05, 3.63) is 23.0 Å². The highest BCUT2D eigenvalue weighted by atomic mass is 16.4. The van der Waals surface area contributed by atoms with Gasteiger partial charge in [-0.15, -0.1) is 0 Å². The maximum absolute atomic E-state index is 8.98. The van der Waals surface area contributed by atoms with E-state index in [9.17, 15) is 0 Å². The summed E-state index contributed by atoms with van der Waals surface area (Å²) < 4.78 is 0. The lowest BCUT2D eigenvalue weighted by Crippen LogP contribution is -2.33. The first-order valence-electron chi connectivity index (χ1n) is 3.83. The molecule has 0 amide bonds. The lowest BCUT2D eigenvalue weighted by atomic mass is 9.77. The molecular weight excluding hydrogens is 153 g/mol. The smallest absolute Gasteiger partial charge is 0.423 e. The summed E-state index contributed by atoms with van der Waals surface area (Å²) in [6, 6.07) is 1.69. The van der Waals surface area contributed by atoms with Gasteiger partial charge in [-0.05, 0) is 37.9 Å². The largest absolute Gasteiger partial charge is 0.488 e. The van der Waals surface area contributed by atoms with E-state index >= 15 is 0 Å². The lowest BCUT2D eigenvalue weighted by Gasteiger charge is -2.07. The maximum Gasteiger partial charge on any atom is 0.488 e. The molecule has 0 fully saturated rings. The second kappa shape index (κ2) is 3.25. The maximum atomic E-state index is 8.98. The average Bonchev–Trinajstić information content (AvgIpc) is 1.96. The Morgan fingerprint density at radius 3 is 2.33 bits per heavy atom. The Balaban J connectivity index is 3.28. The van der Waals surface area contributed by atoms with Gasteiger partial charge in [0, 0.05) is 11.4 Å². The van der Waals surface area contributed by atoms with Crippen molar-refractivity contribution >= 4 is 12.6 Å². The number of rotatable bonds is 1. The van der Waals surface area contributed by atoms with Crippen LogP contribution in [0.5, 0.6) is 0 Å². The average molecular weight is 165 g/mol. The molecule has 0 bridgehead atoms. The number of aryl methyl sites for hydroxylation is 2. The van der Waals surface area contributed by atoms with Crippen molar-refractivity contribution in [2.75, 3.05) is 0 Å². The van der Waals surface area contributed by atoms with Crippen LogP contribution in [0.1, 0.15) is 17.0 Å². The molecule has 0 radical (unpaired) electrons. The van der Waals surface area contributed by atoms with Crippen LogP contribution >= 0.6 is 0 Å². The van der Waals surface area contributed by atoms with Gasteiger partial charge in [0.15, 0.2) is 0 Å². The normalized spacial score (nSPS) is 10.1. The predicted molar refractivity (Wildman–Crippen MR) is 48.3 cm³/mol. The van der Waals surface area contributed by atoms with E-state index in [-0.39, 0.29) is 0 Å². The van der Waals surface area contributed by atoms with E-state index in [4.69, 9.17) is 10.0 Å². The summed E-state index contributed by atoms with van der Waals surface area (Å²) in [7, 11) is -1.40. The Bertz CT molecular complexity index is 299. The van der Waals surface area contributed by atoms with E-state index in [1.807, 2.05) is 20.8 Å². The van der Waals surface area contributed by atoms with Crippen molar-refractivity contribution in [1.29, 1.82) is 0 Å². The molecule has 0 aromatic carbocycles. The second-order valence-electron chi connectivity index (χ2n) is 2.94. The molecule has 1 aromatic heterocycles. The molecule has 0 saturated heterocycles. The molecule has 3 nitrogen and oxygen atoms in total. The summed E-state index contributed by atoms with van der Waals surface area (Å²) in [5.74, 6) is 0. The minimum atomic E-state index is -1.40. The molecule has 0 spiro atoms. The molecule has 1 heterocycles. The van der Waals surface area contributed by atoms with Crippen LogP contribution in [-0.2, 0) is 0 Å². The Kier molecular flexibility index (Phi) is 2.50. The minimum absolute atomic E-state index is 0.542. The molecule has 0 aliphatic rings. The van der Waals surface area contributed by atoms with E-state index in [0.717, 1.165) is 17.0 Å². The first-order valence-corrected chi connectivity index (χ1v) is 3.83. The van der Waals surface area contributed by atoms with Gasteiger partial charge in [0.25, 0.3) is 0 Å². The number of pyridine rings is 1. The summed E-state index contributed by atoms with van der Waals surface area (Å²) in [5, 5.41) is 18.0. The fourth-order valence-electron chi connectivity index (χ4n) is 1.19. The van der Waals surface area contributed by atoms with Crippen LogP contribution in [0.25, 0.3) is 0 Å².